The lowest BCUT2D eigenvalue weighted by molar-refractivity contribution is -0.136. The maximum atomic E-state index is 12.6. The molecule has 0 fully saturated rings. The van der Waals surface area contributed by atoms with E-state index in [0.717, 1.165) is 33.2 Å². The minimum absolute atomic E-state index is 0.0557. The normalized spacial score (nSPS) is 15.9. The predicted molar refractivity (Wildman–Crippen MR) is 141 cm³/mol. The highest BCUT2D eigenvalue weighted by Gasteiger charge is 2.41. The number of anilines is 2. The van der Waals surface area contributed by atoms with Crippen LogP contribution in [0.5, 0.6) is 0 Å². The van der Waals surface area contributed by atoms with Crippen LogP contribution in [0.15, 0.2) is 102 Å². The third kappa shape index (κ3) is 4.18. The van der Waals surface area contributed by atoms with Crippen molar-refractivity contribution in [3.63, 3.8) is 0 Å². The second-order valence-electron chi connectivity index (χ2n) is 9.09. The third-order valence-corrected chi connectivity index (χ3v) is 6.61. The Morgan fingerprint density at radius 3 is 1.89 bits per heavy atom. The standard InChI is InChI=1S/C30H26N2O4/c1-19-7-13-24(14-8-19)31-18-26(29(33)34)27(30(35)36)32(25-15-9-20(2)10-16-25)28(31)23-12-11-21-5-3-4-6-22(21)17-23/h3-17,28H,18H2,1-2H3,(H,33,34)(H,35,36). The molecule has 0 spiro atoms. The molecule has 0 bridgehead atoms. The summed E-state index contributed by atoms with van der Waals surface area (Å²) in [5, 5.41) is 22.5. The van der Waals surface area contributed by atoms with Gasteiger partial charge in [0.15, 0.2) is 0 Å². The summed E-state index contributed by atoms with van der Waals surface area (Å²) in [4.78, 5) is 28.6. The maximum absolute atomic E-state index is 12.6. The van der Waals surface area contributed by atoms with E-state index < -0.39 is 18.1 Å². The summed E-state index contributed by atoms with van der Waals surface area (Å²) in [7, 11) is 0. The molecule has 1 atom stereocenters. The summed E-state index contributed by atoms with van der Waals surface area (Å²) in [6.45, 7) is 3.89. The van der Waals surface area contributed by atoms with Gasteiger partial charge in [-0.2, -0.15) is 0 Å². The highest BCUT2D eigenvalue weighted by atomic mass is 16.4. The number of carbonyl (C=O) groups is 2. The van der Waals surface area contributed by atoms with Crippen LogP contribution in [0, 0.1) is 13.8 Å². The van der Waals surface area contributed by atoms with Crippen molar-refractivity contribution in [3.05, 3.63) is 119 Å². The third-order valence-electron chi connectivity index (χ3n) is 6.61. The van der Waals surface area contributed by atoms with Gasteiger partial charge < -0.3 is 20.0 Å². The molecule has 1 aliphatic heterocycles. The Hall–Kier alpha value is -4.58. The fourth-order valence-electron chi connectivity index (χ4n) is 4.78. The molecule has 4 aromatic rings. The van der Waals surface area contributed by atoms with Crippen molar-refractivity contribution in [1.29, 1.82) is 0 Å². The van der Waals surface area contributed by atoms with Gasteiger partial charge in [-0.3, -0.25) is 0 Å². The first-order valence-electron chi connectivity index (χ1n) is 11.7. The van der Waals surface area contributed by atoms with Gasteiger partial charge in [-0.05, 0) is 60.5 Å². The molecule has 0 amide bonds. The molecular weight excluding hydrogens is 452 g/mol. The van der Waals surface area contributed by atoms with Crippen LogP contribution in [0.1, 0.15) is 22.9 Å². The number of hydrogen-bond acceptors (Lipinski definition) is 4. The number of carboxylic acid groups (broad SMARTS) is 2. The summed E-state index contributed by atoms with van der Waals surface area (Å²) >= 11 is 0. The van der Waals surface area contributed by atoms with Crippen LogP contribution in [0.2, 0.25) is 0 Å². The van der Waals surface area contributed by atoms with E-state index >= 15 is 0 Å². The van der Waals surface area contributed by atoms with Gasteiger partial charge in [-0.1, -0.05) is 71.8 Å². The van der Waals surface area contributed by atoms with E-state index in [2.05, 4.69) is 0 Å². The van der Waals surface area contributed by atoms with E-state index in [0.29, 0.717) is 5.69 Å². The molecule has 0 radical (unpaired) electrons. The first-order chi connectivity index (χ1) is 17.3. The Balaban J connectivity index is 1.81. The van der Waals surface area contributed by atoms with Crippen LogP contribution >= 0.6 is 0 Å². The molecule has 5 rings (SSSR count). The van der Waals surface area contributed by atoms with Crippen molar-refractivity contribution in [3.8, 4) is 0 Å². The summed E-state index contributed by atoms with van der Waals surface area (Å²) in [6, 6.07) is 29.4. The van der Waals surface area contributed by atoms with E-state index in [1.807, 2.05) is 110 Å². The Labute approximate surface area is 209 Å². The Morgan fingerprint density at radius 1 is 0.722 bits per heavy atom. The summed E-state index contributed by atoms with van der Waals surface area (Å²) in [5.74, 6) is -2.53. The lowest BCUT2D eigenvalue weighted by Crippen LogP contribution is -2.50. The molecule has 6 nitrogen and oxygen atoms in total. The first-order valence-corrected chi connectivity index (χ1v) is 11.7. The smallest absolute Gasteiger partial charge is 0.353 e. The minimum Gasteiger partial charge on any atom is -0.478 e. The molecule has 36 heavy (non-hydrogen) atoms. The summed E-state index contributed by atoms with van der Waals surface area (Å²) in [5.41, 5.74) is 3.97. The lowest BCUT2D eigenvalue weighted by atomic mass is 9.97. The molecule has 1 aliphatic rings. The maximum Gasteiger partial charge on any atom is 0.353 e. The average Bonchev–Trinajstić information content (AvgIpc) is 2.88. The van der Waals surface area contributed by atoms with Crippen LogP contribution in [0.4, 0.5) is 11.4 Å². The number of nitrogens with zero attached hydrogens (tertiary/aromatic N) is 2. The monoisotopic (exact) mass is 478 g/mol. The molecule has 2 N–H and O–H groups in total. The molecule has 0 aromatic heterocycles. The number of hydrogen-bond donors (Lipinski definition) is 2. The van der Waals surface area contributed by atoms with Crippen molar-refractivity contribution >= 4 is 34.1 Å². The highest BCUT2D eigenvalue weighted by molar-refractivity contribution is 6.03. The Morgan fingerprint density at radius 2 is 1.31 bits per heavy atom. The van der Waals surface area contributed by atoms with Gasteiger partial charge in [0, 0.05) is 11.4 Å². The largest absolute Gasteiger partial charge is 0.478 e. The summed E-state index contributed by atoms with van der Waals surface area (Å²) < 4.78 is 0. The quantitative estimate of drug-likeness (QED) is 0.371. The molecule has 4 aromatic carbocycles. The molecule has 0 aliphatic carbocycles. The van der Waals surface area contributed by atoms with Crippen LogP contribution in [-0.4, -0.2) is 28.7 Å². The van der Waals surface area contributed by atoms with E-state index in [1.54, 1.807) is 4.90 Å². The molecule has 1 heterocycles. The minimum atomic E-state index is -1.28. The topological polar surface area (TPSA) is 81.1 Å². The summed E-state index contributed by atoms with van der Waals surface area (Å²) in [6.07, 6.45) is -0.589. The number of rotatable bonds is 5. The Kier molecular flexibility index (Phi) is 5.94. The van der Waals surface area contributed by atoms with Gasteiger partial charge >= 0.3 is 11.9 Å². The fourth-order valence-corrected chi connectivity index (χ4v) is 4.78. The number of aliphatic carboxylic acids is 2. The van der Waals surface area contributed by atoms with Crippen molar-refractivity contribution in [2.45, 2.75) is 20.0 Å². The van der Waals surface area contributed by atoms with Crippen molar-refractivity contribution in [2.75, 3.05) is 16.3 Å². The molecule has 6 heteroatoms. The van der Waals surface area contributed by atoms with Crippen molar-refractivity contribution in [1.82, 2.24) is 0 Å². The van der Waals surface area contributed by atoms with E-state index in [-0.39, 0.29) is 17.8 Å². The van der Waals surface area contributed by atoms with Gasteiger partial charge in [0.25, 0.3) is 0 Å². The molecular formula is C30H26N2O4. The van der Waals surface area contributed by atoms with Gasteiger partial charge in [-0.15, -0.1) is 0 Å². The van der Waals surface area contributed by atoms with Gasteiger partial charge in [-0.25, -0.2) is 9.59 Å². The van der Waals surface area contributed by atoms with Crippen molar-refractivity contribution in [2.24, 2.45) is 0 Å². The zero-order valence-corrected chi connectivity index (χ0v) is 20.1. The molecule has 180 valence electrons. The predicted octanol–water partition coefficient (Wildman–Crippen LogP) is 5.91. The number of fused-ring (bicyclic) bond motifs is 1. The second kappa shape index (κ2) is 9.23. The number of benzene rings is 4. The van der Waals surface area contributed by atoms with Gasteiger partial charge in [0.1, 0.15) is 11.9 Å². The van der Waals surface area contributed by atoms with E-state index in [4.69, 9.17) is 0 Å². The van der Waals surface area contributed by atoms with Crippen LogP contribution in [0.25, 0.3) is 10.8 Å². The Bertz CT molecular complexity index is 1490. The van der Waals surface area contributed by atoms with Gasteiger partial charge in [0.05, 0.1) is 12.1 Å². The fraction of sp³-hybridized carbons (Fsp3) is 0.133. The average molecular weight is 479 g/mol. The van der Waals surface area contributed by atoms with Crippen LogP contribution < -0.4 is 9.80 Å². The highest BCUT2D eigenvalue weighted by Crippen LogP contribution is 2.42. The molecule has 1 unspecified atom stereocenters. The zero-order valence-electron chi connectivity index (χ0n) is 20.1. The SMILES string of the molecule is Cc1ccc(N2CC(C(=O)O)=C(C(=O)O)N(c3ccc(C)cc3)C2c2ccc3ccccc3c2)cc1. The second-order valence-corrected chi connectivity index (χ2v) is 9.09. The van der Waals surface area contributed by atoms with E-state index in [9.17, 15) is 19.8 Å². The molecule has 0 saturated heterocycles. The number of carboxylic acids is 2. The lowest BCUT2D eigenvalue weighted by Gasteiger charge is -2.46. The van der Waals surface area contributed by atoms with Crippen LogP contribution in [0.3, 0.4) is 0 Å². The number of aryl methyl sites for hydroxylation is 2. The molecule has 0 saturated carbocycles. The first kappa shape index (κ1) is 23.2. The van der Waals surface area contributed by atoms with Crippen molar-refractivity contribution < 1.29 is 19.8 Å². The van der Waals surface area contributed by atoms with Gasteiger partial charge in [0.2, 0.25) is 0 Å². The zero-order chi connectivity index (χ0) is 25.4. The van der Waals surface area contributed by atoms with Crippen LogP contribution in [-0.2, 0) is 9.59 Å². The van der Waals surface area contributed by atoms with E-state index in [1.165, 1.54) is 0 Å².